The molecule has 0 atom stereocenters. The number of carboxylic acid groups (broad SMARTS) is 1. The van der Waals surface area contributed by atoms with Gasteiger partial charge in [-0.25, -0.2) is 13.6 Å². The summed E-state index contributed by atoms with van der Waals surface area (Å²) in [7, 11) is 0. The highest BCUT2D eigenvalue weighted by atomic mass is 19.1. The van der Waals surface area contributed by atoms with Crippen LogP contribution in [0.25, 0.3) is 0 Å². The van der Waals surface area contributed by atoms with Crippen LogP contribution in [0.1, 0.15) is 0 Å². The van der Waals surface area contributed by atoms with Crippen LogP contribution >= 0.6 is 0 Å². The first-order chi connectivity index (χ1) is 7.54. The van der Waals surface area contributed by atoms with E-state index < -0.39 is 23.3 Å². The van der Waals surface area contributed by atoms with Gasteiger partial charge in [-0.2, -0.15) is 0 Å². The number of aliphatic hydroxyl groups excluding tert-OH is 1. The predicted octanol–water partition coefficient (Wildman–Crippen LogP) is 2.53. The molecule has 0 bridgehead atoms. The summed E-state index contributed by atoms with van der Waals surface area (Å²) in [5.74, 6) is -3.28. The summed E-state index contributed by atoms with van der Waals surface area (Å²) in [6, 6.07) is 2.52. The molecule has 0 radical (unpaired) electrons. The zero-order valence-corrected chi connectivity index (χ0v) is 7.76. The molecule has 5 nitrogen and oxygen atoms in total. The molecule has 1 aromatic carbocycles. The lowest BCUT2D eigenvalue weighted by molar-refractivity contribution is -0.132. The minimum Gasteiger partial charge on any atom is -0.513 e. The van der Waals surface area contributed by atoms with Gasteiger partial charge in [-0.1, -0.05) is 0 Å². The Labute approximate surface area is 88.4 Å². The molecule has 0 spiro atoms. The van der Waals surface area contributed by atoms with E-state index in [1.807, 2.05) is 0 Å². The Hall–Kier alpha value is -2.31. The molecule has 84 valence electrons. The maximum atomic E-state index is 13.0. The van der Waals surface area contributed by atoms with Crippen molar-refractivity contribution in [3.63, 3.8) is 0 Å². The molecule has 0 fully saturated rings. The van der Waals surface area contributed by atoms with Crippen molar-refractivity contribution < 1.29 is 23.8 Å². The quantitative estimate of drug-likeness (QED) is 0.473. The first-order valence-electron chi connectivity index (χ1n) is 3.99. The molecule has 0 saturated heterocycles. The van der Waals surface area contributed by atoms with Gasteiger partial charge in [0.15, 0.2) is 5.82 Å². The van der Waals surface area contributed by atoms with Gasteiger partial charge in [-0.05, 0) is 12.1 Å². The van der Waals surface area contributed by atoms with Crippen molar-refractivity contribution in [1.82, 2.24) is 0 Å². The third-order valence-electron chi connectivity index (χ3n) is 1.52. The zero-order chi connectivity index (χ0) is 12.1. The van der Waals surface area contributed by atoms with Crippen LogP contribution < -0.4 is 0 Å². The Morgan fingerprint density at radius 3 is 2.56 bits per heavy atom. The number of carbonyl (C=O) groups is 1. The second kappa shape index (κ2) is 4.96. The molecule has 0 aliphatic rings. The molecule has 0 aromatic heterocycles. The van der Waals surface area contributed by atoms with Gasteiger partial charge in [-0.15, -0.1) is 10.2 Å². The number of hydrogen-bond acceptors (Lipinski definition) is 4. The van der Waals surface area contributed by atoms with Crippen molar-refractivity contribution in [1.29, 1.82) is 0 Å². The molecule has 16 heavy (non-hydrogen) atoms. The molecule has 0 aliphatic heterocycles. The van der Waals surface area contributed by atoms with Crippen LogP contribution in [0.5, 0.6) is 0 Å². The van der Waals surface area contributed by atoms with Crippen molar-refractivity contribution in [2.24, 2.45) is 10.2 Å². The van der Waals surface area contributed by atoms with Crippen LogP contribution in [0.15, 0.2) is 40.4 Å². The average Bonchev–Trinajstić information content (AvgIpc) is 2.21. The van der Waals surface area contributed by atoms with Gasteiger partial charge in [0.25, 0.3) is 0 Å². The fraction of sp³-hybridized carbons (Fsp3) is 0. The topological polar surface area (TPSA) is 82.2 Å². The van der Waals surface area contributed by atoms with Gasteiger partial charge in [0.1, 0.15) is 17.8 Å². The van der Waals surface area contributed by atoms with E-state index in [9.17, 15) is 13.6 Å². The predicted molar refractivity (Wildman–Crippen MR) is 49.2 cm³/mol. The molecule has 0 heterocycles. The average molecular weight is 228 g/mol. The fourth-order valence-corrected chi connectivity index (χ4v) is 0.794. The van der Waals surface area contributed by atoms with E-state index in [1.165, 1.54) is 0 Å². The number of nitrogens with zero attached hydrogens (tertiary/aromatic N) is 2. The van der Waals surface area contributed by atoms with E-state index in [4.69, 9.17) is 10.2 Å². The Kier molecular flexibility index (Phi) is 3.65. The summed E-state index contributed by atoms with van der Waals surface area (Å²) in [5.41, 5.74) is -1.09. The van der Waals surface area contributed by atoms with E-state index in [-0.39, 0.29) is 11.9 Å². The standard InChI is InChI=1S/C9H6F2N2O3/c10-5-1-2-7(6(11)3-5)12-13-8(4-14)9(15)16/h1-4,14H,(H,15,16). The number of aliphatic hydroxyl groups is 1. The monoisotopic (exact) mass is 228 g/mol. The van der Waals surface area contributed by atoms with Crippen molar-refractivity contribution in [2.75, 3.05) is 0 Å². The van der Waals surface area contributed by atoms with Crippen LogP contribution in [0.4, 0.5) is 14.5 Å². The second-order valence-electron chi connectivity index (χ2n) is 2.62. The van der Waals surface area contributed by atoms with Crippen molar-refractivity contribution in [3.8, 4) is 0 Å². The van der Waals surface area contributed by atoms with Crippen LogP contribution in [0, 0.1) is 11.6 Å². The molecule has 2 N–H and O–H groups in total. The number of hydrogen-bond donors (Lipinski definition) is 2. The van der Waals surface area contributed by atoms with Crippen LogP contribution in [0.3, 0.4) is 0 Å². The van der Waals surface area contributed by atoms with Crippen molar-refractivity contribution in [3.05, 3.63) is 41.8 Å². The molecular formula is C9H6F2N2O3. The molecule has 0 saturated carbocycles. The van der Waals surface area contributed by atoms with E-state index in [0.717, 1.165) is 12.1 Å². The van der Waals surface area contributed by atoms with E-state index in [1.54, 1.807) is 0 Å². The lowest BCUT2D eigenvalue weighted by atomic mass is 10.3. The normalized spacial score (nSPS) is 12.0. The van der Waals surface area contributed by atoms with Gasteiger partial charge in [0, 0.05) is 6.07 Å². The summed E-state index contributed by atoms with van der Waals surface area (Å²) in [5, 5.41) is 23.2. The lowest BCUT2D eigenvalue weighted by Gasteiger charge is -1.95. The van der Waals surface area contributed by atoms with E-state index in [2.05, 4.69) is 10.2 Å². The highest BCUT2D eigenvalue weighted by molar-refractivity contribution is 5.85. The summed E-state index contributed by atoms with van der Waals surface area (Å²) in [6.45, 7) is 0. The van der Waals surface area contributed by atoms with Gasteiger partial charge in [-0.3, -0.25) is 0 Å². The number of azo groups is 1. The van der Waals surface area contributed by atoms with Gasteiger partial charge < -0.3 is 10.2 Å². The Morgan fingerprint density at radius 1 is 1.38 bits per heavy atom. The minimum absolute atomic E-state index is 0.216. The summed E-state index contributed by atoms with van der Waals surface area (Å²) >= 11 is 0. The smallest absolute Gasteiger partial charge is 0.359 e. The SMILES string of the molecule is O=C(O)C(=CO)N=Nc1ccc(F)cc1F. The molecular weight excluding hydrogens is 222 g/mol. The maximum Gasteiger partial charge on any atom is 0.359 e. The number of benzene rings is 1. The highest BCUT2D eigenvalue weighted by Gasteiger charge is 2.07. The molecule has 7 heteroatoms. The summed E-state index contributed by atoms with van der Waals surface area (Å²) < 4.78 is 25.5. The van der Waals surface area contributed by atoms with Gasteiger partial charge in [0.2, 0.25) is 5.70 Å². The van der Waals surface area contributed by atoms with Crippen molar-refractivity contribution in [2.45, 2.75) is 0 Å². The van der Waals surface area contributed by atoms with Crippen LogP contribution in [-0.2, 0) is 4.79 Å². The molecule has 0 unspecified atom stereocenters. The molecule has 1 rings (SSSR count). The third kappa shape index (κ3) is 2.84. The van der Waals surface area contributed by atoms with Crippen LogP contribution in [0.2, 0.25) is 0 Å². The highest BCUT2D eigenvalue weighted by Crippen LogP contribution is 2.19. The Balaban J connectivity index is 2.96. The summed E-state index contributed by atoms with van der Waals surface area (Å²) in [4.78, 5) is 10.4. The summed E-state index contributed by atoms with van der Waals surface area (Å²) in [6.07, 6.45) is 0.216. The lowest BCUT2D eigenvalue weighted by Crippen LogP contribution is -1.96. The number of halogens is 2. The van der Waals surface area contributed by atoms with Crippen molar-refractivity contribution >= 4 is 11.7 Å². The Bertz CT molecular complexity index is 472. The third-order valence-corrected chi connectivity index (χ3v) is 1.52. The van der Waals surface area contributed by atoms with E-state index >= 15 is 0 Å². The van der Waals surface area contributed by atoms with Crippen LogP contribution in [-0.4, -0.2) is 16.2 Å². The van der Waals surface area contributed by atoms with Gasteiger partial charge in [0.05, 0.1) is 0 Å². The Morgan fingerprint density at radius 2 is 2.06 bits per heavy atom. The number of carboxylic acids is 1. The second-order valence-corrected chi connectivity index (χ2v) is 2.62. The molecule has 1 aromatic rings. The number of aliphatic carboxylic acids is 1. The molecule has 0 amide bonds. The minimum atomic E-state index is -1.52. The first-order valence-corrected chi connectivity index (χ1v) is 3.99. The van der Waals surface area contributed by atoms with Gasteiger partial charge >= 0.3 is 5.97 Å². The largest absolute Gasteiger partial charge is 0.513 e. The zero-order valence-electron chi connectivity index (χ0n) is 7.76. The molecule has 0 aliphatic carbocycles. The fourth-order valence-electron chi connectivity index (χ4n) is 0.794. The number of rotatable bonds is 3. The first kappa shape index (κ1) is 11.8. The van der Waals surface area contributed by atoms with E-state index in [0.29, 0.717) is 6.07 Å². The maximum absolute atomic E-state index is 13.0.